The number of carbonyl (C=O) groups excluding carboxylic acids is 1. The van der Waals surface area contributed by atoms with Crippen LogP contribution < -0.4 is 10.4 Å². The number of allylic oxidation sites excluding steroid dienone is 2. The zero-order valence-corrected chi connectivity index (χ0v) is 15.1. The van der Waals surface area contributed by atoms with Crippen molar-refractivity contribution in [2.45, 2.75) is 19.8 Å². The summed E-state index contributed by atoms with van der Waals surface area (Å²) >= 11 is 0. The lowest BCUT2D eigenvalue weighted by Gasteiger charge is -2.19. The molecular formula is C22H20N4O. The van der Waals surface area contributed by atoms with Crippen LogP contribution in [0, 0.1) is 6.92 Å². The molecule has 2 N–H and O–H groups in total. The molecule has 0 spiro atoms. The van der Waals surface area contributed by atoms with Crippen LogP contribution in [0.25, 0.3) is 10.9 Å². The molecule has 0 saturated carbocycles. The Morgan fingerprint density at radius 1 is 1.19 bits per heavy atom. The number of carbonyl (C=O) groups is 1. The molecule has 0 unspecified atom stereocenters. The molecule has 5 rings (SSSR count). The molecule has 5 nitrogen and oxygen atoms in total. The third-order valence-corrected chi connectivity index (χ3v) is 5.35. The Hall–Kier alpha value is -3.34. The van der Waals surface area contributed by atoms with Gasteiger partial charge in [0.15, 0.2) is 0 Å². The lowest BCUT2D eigenvalue weighted by Crippen LogP contribution is -2.40. The number of nitrogens with zero attached hydrogens (tertiary/aromatic N) is 2. The van der Waals surface area contributed by atoms with Crippen LogP contribution in [0.2, 0.25) is 0 Å². The maximum atomic E-state index is 12.6. The molecule has 2 aliphatic rings. The number of H-pyrrole nitrogens is 1. The van der Waals surface area contributed by atoms with Crippen molar-refractivity contribution < 1.29 is 4.79 Å². The Kier molecular flexibility index (Phi) is 3.60. The monoisotopic (exact) mass is 356 g/mol. The molecule has 2 heterocycles. The van der Waals surface area contributed by atoms with Crippen LogP contribution in [-0.4, -0.2) is 23.3 Å². The summed E-state index contributed by atoms with van der Waals surface area (Å²) in [6.07, 6.45) is 5.73. The van der Waals surface area contributed by atoms with Gasteiger partial charge >= 0.3 is 6.03 Å². The average molecular weight is 356 g/mol. The number of aliphatic imine (C=N–C) groups is 1. The minimum Gasteiger partial charge on any atom is -0.358 e. The molecule has 0 bridgehead atoms. The van der Waals surface area contributed by atoms with E-state index < -0.39 is 0 Å². The largest absolute Gasteiger partial charge is 0.360 e. The number of para-hydroxylation sites is 1. The van der Waals surface area contributed by atoms with Crippen molar-refractivity contribution in [2.24, 2.45) is 4.99 Å². The Morgan fingerprint density at radius 3 is 3.00 bits per heavy atom. The van der Waals surface area contributed by atoms with Gasteiger partial charge in [-0.3, -0.25) is 5.01 Å². The van der Waals surface area contributed by atoms with Crippen molar-refractivity contribution in [2.75, 3.05) is 11.6 Å². The van der Waals surface area contributed by atoms with Gasteiger partial charge in [0, 0.05) is 35.1 Å². The number of nitrogens with one attached hydrogen (secondary N) is 2. The Morgan fingerprint density at radius 2 is 2.07 bits per heavy atom. The second-order valence-electron chi connectivity index (χ2n) is 7.02. The number of urea groups is 1. The summed E-state index contributed by atoms with van der Waals surface area (Å²) in [4.78, 5) is 20.5. The van der Waals surface area contributed by atoms with E-state index in [4.69, 9.17) is 0 Å². The first kappa shape index (κ1) is 15.9. The first-order chi connectivity index (χ1) is 13.2. The lowest BCUT2D eigenvalue weighted by molar-refractivity contribution is 0.248. The molecule has 27 heavy (non-hydrogen) atoms. The zero-order valence-electron chi connectivity index (χ0n) is 15.1. The number of benzene rings is 2. The van der Waals surface area contributed by atoms with Crippen molar-refractivity contribution in [1.82, 2.24) is 10.4 Å². The second-order valence-corrected chi connectivity index (χ2v) is 7.02. The summed E-state index contributed by atoms with van der Waals surface area (Å²) in [5.41, 5.74) is 10.5. The van der Waals surface area contributed by atoms with Gasteiger partial charge in [0.1, 0.15) is 0 Å². The number of aromatic nitrogens is 1. The Bertz CT molecular complexity index is 1120. The highest BCUT2D eigenvalue weighted by Crippen LogP contribution is 2.29. The van der Waals surface area contributed by atoms with E-state index in [-0.39, 0.29) is 6.03 Å². The van der Waals surface area contributed by atoms with E-state index in [9.17, 15) is 4.79 Å². The number of hydrogen-bond acceptors (Lipinski definition) is 2. The van der Waals surface area contributed by atoms with Crippen LogP contribution in [0.1, 0.15) is 22.4 Å². The fourth-order valence-corrected chi connectivity index (χ4v) is 4.08. The van der Waals surface area contributed by atoms with Crippen LogP contribution >= 0.6 is 0 Å². The highest BCUT2D eigenvalue weighted by atomic mass is 16.2. The average Bonchev–Trinajstić information content (AvgIpc) is 3.24. The van der Waals surface area contributed by atoms with Gasteiger partial charge in [-0.25, -0.2) is 10.2 Å². The minimum absolute atomic E-state index is 0.345. The maximum absolute atomic E-state index is 12.6. The van der Waals surface area contributed by atoms with Crippen LogP contribution in [-0.2, 0) is 12.8 Å². The van der Waals surface area contributed by atoms with E-state index in [1.807, 2.05) is 41.4 Å². The summed E-state index contributed by atoms with van der Waals surface area (Å²) in [6.45, 7) is 2.88. The molecule has 3 aromatic rings. The molecule has 2 amide bonds. The summed E-state index contributed by atoms with van der Waals surface area (Å²) in [5, 5.41) is 3.00. The van der Waals surface area contributed by atoms with Gasteiger partial charge in [0.05, 0.1) is 11.4 Å². The van der Waals surface area contributed by atoms with Gasteiger partial charge < -0.3 is 4.98 Å². The summed E-state index contributed by atoms with van der Waals surface area (Å²) in [7, 11) is 0. The number of rotatable bonds is 1. The van der Waals surface area contributed by atoms with E-state index in [1.165, 1.54) is 11.1 Å². The number of aryl methyl sites for hydroxylation is 1. The van der Waals surface area contributed by atoms with Crippen molar-refractivity contribution in [1.29, 1.82) is 0 Å². The molecule has 1 aliphatic carbocycles. The number of aromatic amines is 1. The number of amides is 2. The fourth-order valence-electron chi connectivity index (χ4n) is 4.08. The quantitative estimate of drug-likeness (QED) is 0.691. The molecule has 134 valence electrons. The van der Waals surface area contributed by atoms with Crippen molar-refractivity contribution >= 4 is 28.3 Å². The van der Waals surface area contributed by atoms with E-state index in [0.29, 0.717) is 5.71 Å². The zero-order chi connectivity index (χ0) is 18.4. The molecule has 0 fully saturated rings. The maximum Gasteiger partial charge on any atom is 0.360 e. The lowest BCUT2D eigenvalue weighted by atomic mass is 9.99. The molecular weight excluding hydrogens is 336 g/mol. The summed E-state index contributed by atoms with van der Waals surface area (Å²) in [6, 6.07) is 14.0. The number of anilines is 1. The third-order valence-electron chi connectivity index (χ3n) is 5.35. The second kappa shape index (κ2) is 6.13. The summed E-state index contributed by atoms with van der Waals surface area (Å²) in [5.74, 6) is 0. The predicted molar refractivity (Wildman–Crippen MR) is 108 cm³/mol. The van der Waals surface area contributed by atoms with Gasteiger partial charge in [-0.05, 0) is 42.7 Å². The van der Waals surface area contributed by atoms with Crippen LogP contribution in [0.3, 0.4) is 0 Å². The van der Waals surface area contributed by atoms with Gasteiger partial charge in [-0.1, -0.05) is 36.4 Å². The first-order valence-electron chi connectivity index (χ1n) is 9.22. The van der Waals surface area contributed by atoms with Crippen molar-refractivity contribution in [3.8, 4) is 0 Å². The molecule has 0 atom stereocenters. The summed E-state index contributed by atoms with van der Waals surface area (Å²) < 4.78 is 0. The molecule has 0 radical (unpaired) electrons. The number of hydrazine groups is 1. The topological polar surface area (TPSA) is 60.5 Å². The Labute approximate surface area is 157 Å². The van der Waals surface area contributed by atoms with E-state index in [2.05, 4.69) is 40.5 Å². The SMILES string of the molecule is Cc1cccc2c1CCN2NC(=O)N=C1C=CCc2[nH]c3ccccc3c21. The van der Waals surface area contributed by atoms with Crippen LogP contribution in [0.5, 0.6) is 0 Å². The van der Waals surface area contributed by atoms with E-state index in [0.717, 1.165) is 47.2 Å². The molecule has 1 aromatic heterocycles. The van der Waals surface area contributed by atoms with Gasteiger partial charge in [-0.15, -0.1) is 0 Å². The highest BCUT2D eigenvalue weighted by molar-refractivity contribution is 6.20. The van der Waals surface area contributed by atoms with E-state index >= 15 is 0 Å². The van der Waals surface area contributed by atoms with Crippen molar-refractivity contribution in [3.05, 3.63) is 77.0 Å². The standard InChI is InChI=1S/C22H20N4O/c1-14-6-4-11-20-15(14)12-13-26(20)25-22(27)24-19-10-5-9-18-21(19)16-7-2-3-8-17(16)23-18/h2-8,10-11,23H,9,12-13H2,1H3,(H,25,27). The van der Waals surface area contributed by atoms with Gasteiger partial charge in [-0.2, -0.15) is 4.99 Å². The fraction of sp³-hybridized carbons (Fsp3) is 0.182. The van der Waals surface area contributed by atoms with Crippen LogP contribution in [0.15, 0.2) is 59.6 Å². The highest BCUT2D eigenvalue weighted by Gasteiger charge is 2.23. The number of hydrogen-bond donors (Lipinski definition) is 2. The van der Waals surface area contributed by atoms with Crippen molar-refractivity contribution in [3.63, 3.8) is 0 Å². The van der Waals surface area contributed by atoms with Crippen LogP contribution in [0.4, 0.5) is 10.5 Å². The normalized spacial score (nSPS) is 16.6. The Balaban J connectivity index is 1.45. The molecule has 1 aliphatic heterocycles. The molecule has 0 saturated heterocycles. The first-order valence-corrected chi connectivity index (χ1v) is 9.22. The molecule has 5 heteroatoms. The predicted octanol–water partition coefficient (Wildman–Crippen LogP) is 4.07. The van der Waals surface area contributed by atoms with E-state index in [1.54, 1.807) is 0 Å². The minimum atomic E-state index is -0.345. The number of fused-ring (bicyclic) bond motifs is 4. The third kappa shape index (κ3) is 2.63. The smallest absolute Gasteiger partial charge is 0.358 e. The van der Waals surface area contributed by atoms with Gasteiger partial charge in [0.2, 0.25) is 0 Å². The van der Waals surface area contributed by atoms with Gasteiger partial charge in [0.25, 0.3) is 0 Å². The molecule has 2 aromatic carbocycles.